The van der Waals surface area contributed by atoms with E-state index in [1.54, 1.807) is 27.7 Å². The Bertz CT molecular complexity index is 1430. The number of pyridine rings is 1. The molecule has 0 atom stereocenters. The van der Waals surface area contributed by atoms with Gasteiger partial charge in [-0.1, -0.05) is 11.6 Å². The summed E-state index contributed by atoms with van der Waals surface area (Å²) in [7, 11) is -4.37. The molecule has 0 spiro atoms. The number of anilines is 1. The van der Waals surface area contributed by atoms with Crippen molar-refractivity contribution in [3.05, 3.63) is 88.0 Å². The summed E-state index contributed by atoms with van der Waals surface area (Å²) in [4.78, 5) is 24.8. The Morgan fingerprint density at radius 3 is 2.34 bits per heavy atom. The highest BCUT2D eigenvalue weighted by Gasteiger charge is 2.25. The molecule has 3 aromatic rings. The van der Waals surface area contributed by atoms with Crippen LogP contribution in [0.15, 0.2) is 59.6 Å². The average Bonchev–Trinajstić information content (AvgIpc) is 2.75. The molecule has 0 saturated heterocycles. The largest absolute Gasteiger partial charge is 0.456 e. The third-order valence-electron chi connectivity index (χ3n) is 4.73. The Morgan fingerprint density at radius 2 is 1.74 bits per heavy atom. The van der Waals surface area contributed by atoms with Gasteiger partial charge in [0.1, 0.15) is 11.4 Å². The summed E-state index contributed by atoms with van der Waals surface area (Å²) >= 11 is 6.03. The summed E-state index contributed by atoms with van der Waals surface area (Å²) in [5.41, 5.74) is -0.922. The molecule has 0 fully saturated rings. The number of aryl methyl sites for hydroxylation is 1. The number of aromatic nitrogens is 1. The van der Waals surface area contributed by atoms with Crippen LogP contribution in [0.2, 0.25) is 5.02 Å². The fraction of sp³-hybridized carbons (Fsp3) is 0.208. The molecule has 11 heteroatoms. The van der Waals surface area contributed by atoms with Gasteiger partial charge in [-0.15, -0.1) is 0 Å². The van der Waals surface area contributed by atoms with Crippen molar-refractivity contribution in [1.82, 2.24) is 0 Å². The summed E-state index contributed by atoms with van der Waals surface area (Å²) in [5.74, 6) is -2.63. The lowest BCUT2D eigenvalue weighted by Gasteiger charge is -2.19. The van der Waals surface area contributed by atoms with E-state index in [9.17, 15) is 27.6 Å². The number of benzene rings is 2. The predicted octanol–water partition coefficient (Wildman–Crippen LogP) is 4.30. The topological polar surface area (TPSA) is 114 Å². The fourth-order valence-corrected chi connectivity index (χ4v) is 4.28. The van der Waals surface area contributed by atoms with Gasteiger partial charge in [-0.3, -0.25) is 14.7 Å². The Balaban J connectivity index is 1.95. The van der Waals surface area contributed by atoms with E-state index in [0.29, 0.717) is 11.8 Å². The highest BCUT2D eigenvalue weighted by molar-refractivity contribution is 7.92. The van der Waals surface area contributed by atoms with Gasteiger partial charge in [-0.2, -0.15) is 0 Å². The molecular formula is C24H23ClFN2O6S+. The maximum absolute atomic E-state index is 14.6. The summed E-state index contributed by atoms with van der Waals surface area (Å²) in [6.07, 6.45) is 1.18. The van der Waals surface area contributed by atoms with Crippen molar-refractivity contribution in [3.63, 3.8) is 0 Å². The van der Waals surface area contributed by atoms with Crippen LogP contribution in [0.4, 0.5) is 10.1 Å². The molecule has 8 nitrogen and oxygen atoms in total. The number of hydrogen-bond donors (Lipinski definition) is 2. The molecule has 35 heavy (non-hydrogen) atoms. The quantitative estimate of drug-likeness (QED) is 0.216. The molecule has 0 unspecified atom stereocenters. The normalized spacial score (nSPS) is 11.7. The van der Waals surface area contributed by atoms with Crippen LogP contribution >= 0.6 is 11.6 Å². The second kappa shape index (κ2) is 9.63. The standard InChI is InChI=1S/C24H22ClFN2O6S/c1-14-5-6-15(13-28(14)31)22(29)19-11-16(25)7-10-21(19)27-35(32,33)17-8-9-18(20(26)12-17)23(30)34-24(2,3)4/h5-13H,1-4H3,(H-,27,29,31)/p+1. The molecule has 0 bridgehead atoms. The number of nitrogens with zero attached hydrogens (tertiary/aromatic N) is 1. The first-order valence-electron chi connectivity index (χ1n) is 10.3. The molecule has 1 aromatic heterocycles. The molecule has 0 radical (unpaired) electrons. The number of hydrogen-bond acceptors (Lipinski definition) is 6. The Morgan fingerprint density at radius 1 is 1.06 bits per heavy atom. The van der Waals surface area contributed by atoms with Gasteiger partial charge < -0.3 is 4.74 Å². The number of carbonyl (C=O) groups is 2. The lowest BCUT2D eigenvalue weighted by atomic mass is 10.0. The van der Waals surface area contributed by atoms with E-state index in [1.807, 2.05) is 0 Å². The van der Waals surface area contributed by atoms with Crippen molar-refractivity contribution in [2.45, 2.75) is 38.2 Å². The van der Waals surface area contributed by atoms with E-state index in [4.69, 9.17) is 16.3 Å². The fourth-order valence-electron chi connectivity index (χ4n) is 3.01. The highest BCUT2D eigenvalue weighted by Crippen LogP contribution is 2.27. The highest BCUT2D eigenvalue weighted by atomic mass is 35.5. The maximum Gasteiger partial charge on any atom is 0.341 e. The second-order valence-electron chi connectivity index (χ2n) is 8.67. The zero-order chi connectivity index (χ0) is 26.1. The molecule has 3 rings (SSSR count). The van der Waals surface area contributed by atoms with Gasteiger partial charge in [0.15, 0.2) is 0 Å². The number of ether oxygens (including phenoxy) is 1. The van der Waals surface area contributed by atoms with E-state index >= 15 is 0 Å². The summed E-state index contributed by atoms with van der Waals surface area (Å²) in [5, 5.41) is 10.0. The van der Waals surface area contributed by atoms with Crippen LogP contribution in [0.3, 0.4) is 0 Å². The minimum atomic E-state index is -4.37. The van der Waals surface area contributed by atoms with E-state index in [2.05, 4.69) is 4.72 Å². The number of nitrogens with one attached hydrogen (secondary N) is 1. The molecule has 0 saturated carbocycles. The van der Waals surface area contributed by atoms with Crippen LogP contribution in [0.25, 0.3) is 0 Å². The average molecular weight is 522 g/mol. The molecule has 0 amide bonds. The number of esters is 1. The Kier molecular flexibility index (Phi) is 7.18. The van der Waals surface area contributed by atoms with Crippen molar-refractivity contribution in [1.29, 1.82) is 0 Å². The van der Waals surface area contributed by atoms with Gasteiger partial charge in [0.25, 0.3) is 10.0 Å². The molecule has 0 aliphatic rings. The first-order valence-corrected chi connectivity index (χ1v) is 12.2. The van der Waals surface area contributed by atoms with Gasteiger partial charge >= 0.3 is 5.97 Å². The smallest absolute Gasteiger partial charge is 0.341 e. The number of sulfonamides is 1. The number of ketones is 1. The van der Waals surface area contributed by atoms with Gasteiger partial charge in [0.2, 0.25) is 17.7 Å². The maximum atomic E-state index is 14.6. The molecule has 1 heterocycles. The lowest BCUT2D eigenvalue weighted by molar-refractivity contribution is -0.908. The minimum absolute atomic E-state index is 0.0774. The van der Waals surface area contributed by atoms with Crippen molar-refractivity contribution < 1.29 is 37.1 Å². The van der Waals surface area contributed by atoms with Crippen LogP contribution in [-0.4, -0.2) is 31.0 Å². The van der Waals surface area contributed by atoms with Crippen LogP contribution in [-0.2, 0) is 14.8 Å². The zero-order valence-electron chi connectivity index (χ0n) is 19.3. The Labute approximate surface area is 206 Å². The van der Waals surface area contributed by atoms with Gasteiger partial charge in [-0.25, -0.2) is 17.6 Å². The number of rotatable bonds is 6. The van der Waals surface area contributed by atoms with Gasteiger partial charge in [0, 0.05) is 28.3 Å². The van der Waals surface area contributed by atoms with Crippen LogP contribution in [0.5, 0.6) is 0 Å². The van der Waals surface area contributed by atoms with Gasteiger partial charge in [-0.05, 0) is 63.2 Å². The summed E-state index contributed by atoms with van der Waals surface area (Å²) in [6, 6.07) is 9.67. The minimum Gasteiger partial charge on any atom is -0.456 e. The SMILES string of the molecule is Cc1ccc(C(=O)c2cc(Cl)ccc2NS(=O)(=O)c2ccc(C(=O)OC(C)(C)C)c(F)c2)c[n+]1O. The first kappa shape index (κ1) is 26.1. The molecular weight excluding hydrogens is 499 g/mol. The number of halogens is 2. The van der Waals surface area contributed by atoms with Crippen molar-refractivity contribution in [2.24, 2.45) is 0 Å². The number of carbonyl (C=O) groups excluding carboxylic acids is 2. The molecule has 0 aliphatic carbocycles. The third-order valence-corrected chi connectivity index (χ3v) is 6.33. The molecule has 2 N–H and O–H groups in total. The summed E-state index contributed by atoms with van der Waals surface area (Å²) < 4.78 is 48.7. The summed E-state index contributed by atoms with van der Waals surface area (Å²) in [6.45, 7) is 6.48. The van der Waals surface area contributed by atoms with Crippen LogP contribution in [0, 0.1) is 12.7 Å². The van der Waals surface area contributed by atoms with Crippen molar-refractivity contribution in [3.8, 4) is 0 Å². The molecule has 2 aromatic carbocycles. The van der Waals surface area contributed by atoms with E-state index in [-0.39, 0.29) is 21.8 Å². The lowest BCUT2D eigenvalue weighted by Crippen LogP contribution is -2.34. The first-order chi connectivity index (χ1) is 16.2. The van der Waals surface area contributed by atoms with Gasteiger partial charge in [0.05, 0.1) is 21.7 Å². The van der Waals surface area contributed by atoms with Crippen molar-refractivity contribution >= 4 is 39.1 Å². The molecule has 0 aliphatic heterocycles. The Hall–Kier alpha value is -3.50. The predicted molar refractivity (Wildman–Crippen MR) is 126 cm³/mol. The monoisotopic (exact) mass is 521 g/mol. The van der Waals surface area contributed by atoms with Crippen molar-refractivity contribution in [2.75, 3.05) is 4.72 Å². The second-order valence-corrected chi connectivity index (χ2v) is 10.8. The third kappa shape index (κ3) is 6.14. The zero-order valence-corrected chi connectivity index (χ0v) is 20.9. The van der Waals surface area contributed by atoms with Crippen LogP contribution in [0.1, 0.15) is 52.7 Å². The van der Waals surface area contributed by atoms with E-state index < -0.39 is 43.7 Å². The van der Waals surface area contributed by atoms with Crippen LogP contribution < -0.4 is 9.45 Å². The van der Waals surface area contributed by atoms with E-state index in [0.717, 1.165) is 16.9 Å². The molecule has 184 valence electrons. The van der Waals surface area contributed by atoms with E-state index in [1.165, 1.54) is 36.5 Å².